The summed E-state index contributed by atoms with van der Waals surface area (Å²) in [7, 11) is 3.05. The second-order valence-electron chi connectivity index (χ2n) is 8.57. The number of carbonyl (C=O) groups excluding carboxylic acids is 4. The maximum atomic E-state index is 12.8. The Kier molecular flexibility index (Phi) is 8.57. The van der Waals surface area contributed by atoms with Gasteiger partial charge in [-0.2, -0.15) is 0 Å². The van der Waals surface area contributed by atoms with Crippen molar-refractivity contribution in [3.05, 3.63) is 52.9 Å². The number of imide groups is 1. The number of rotatable bonds is 10. The van der Waals surface area contributed by atoms with Crippen LogP contribution in [0.4, 0.5) is 10.5 Å². The molecule has 1 atom stereocenters. The zero-order valence-corrected chi connectivity index (χ0v) is 22.2. The Labute approximate surface area is 224 Å². The van der Waals surface area contributed by atoms with Crippen molar-refractivity contribution in [3.8, 4) is 17.2 Å². The highest BCUT2D eigenvalue weighted by Crippen LogP contribution is 2.34. The molecule has 10 nitrogen and oxygen atoms in total. The number of ether oxygens (including phenoxy) is 3. The lowest BCUT2D eigenvalue weighted by Crippen LogP contribution is -2.40. The normalized spacial score (nSPS) is 18.3. The van der Waals surface area contributed by atoms with Gasteiger partial charge in [-0.05, 0) is 66.7 Å². The van der Waals surface area contributed by atoms with Gasteiger partial charge >= 0.3 is 0 Å². The van der Waals surface area contributed by atoms with Crippen LogP contribution in [0.3, 0.4) is 0 Å². The number of anilines is 1. The second kappa shape index (κ2) is 12.0. The number of hydrogen-bond donors (Lipinski definition) is 1. The summed E-state index contributed by atoms with van der Waals surface area (Å²) in [6, 6.07) is 12.3. The number of carbonyl (C=O) groups is 4. The minimum absolute atomic E-state index is 0.0307. The summed E-state index contributed by atoms with van der Waals surface area (Å²) < 4.78 is 15.9. The predicted molar refractivity (Wildman–Crippen MR) is 143 cm³/mol. The minimum Gasteiger partial charge on any atom is -0.494 e. The van der Waals surface area contributed by atoms with Crippen molar-refractivity contribution in [1.29, 1.82) is 0 Å². The van der Waals surface area contributed by atoms with Crippen LogP contribution in [0.1, 0.15) is 18.9 Å². The maximum Gasteiger partial charge on any atom is 0.293 e. The Morgan fingerprint density at radius 1 is 1.08 bits per heavy atom. The lowest BCUT2D eigenvalue weighted by Gasteiger charge is -2.18. The SMILES string of the molecule is CCOc1ccc(N2C[C@H](C(=O)NCCN3C(=O)S/C(=C\c4ccc(OC)c(OC)c4)C3=O)CC2=O)cc1. The molecule has 0 unspecified atom stereocenters. The highest BCUT2D eigenvalue weighted by atomic mass is 32.2. The summed E-state index contributed by atoms with van der Waals surface area (Å²) in [5, 5.41) is 2.35. The molecule has 38 heavy (non-hydrogen) atoms. The number of nitrogens with zero attached hydrogens (tertiary/aromatic N) is 2. The van der Waals surface area contributed by atoms with Gasteiger partial charge in [0.05, 0.1) is 31.6 Å². The van der Waals surface area contributed by atoms with Gasteiger partial charge in [-0.25, -0.2) is 0 Å². The van der Waals surface area contributed by atoms with Crippen molar-refractivity contribution in [2.75, 3.05) is 45.4 Å². The number of amides is 4. The van der Waals surface area contributed by atoms with E-state index >= 15 is 0 Å². The van der Waals surface area contributed by atoms with Crippen molar-refractivity contribution in [1.82, 2.24) is 10.2 Å². The molecule has 2 heterocycles. The summed E-state index contributed by atoms with van der Waals surface area (Å²) in [4.78, 5) is 53.5. The number of methoxy groups -OCH3 is 2. The van der Waals surface area contributed by atoms with E-state index in [-0.39, 0.29) is 42.8 Å². The first-order valence-electron chi connectivity index (χ1n) is 12.1. The summed E-state index contributed by atoms with van der Waals surface area (Å²) in [5.74, 6) is 0.397. The third kappa shape index (κ3) is 5.94. The van der Waals surface area contributed by atoms with Crippen LogP contribution < -0.4 is 24.4 Å². The molecule has 2 aliphatic rings. The molecule has 4 amide bonds. The molecule has 0 radical (unpaired) electrons. The van der Waals surface area contributed by atoms with Crippen molar-refractivity contribution in [2.24, 2.45) is 5.92 Å². The summed E-state index contributed by atoms with van der Waals surface area (Å²) in [6.45, 7) is 2.82. The molecule has 2 saturated heterocycles. The van der Waals surface area contributed by atoms with Gasteiger partial charge in [0.1, 0.15) is 5.75 Å². The van der Waals surface area contributed by atoms with Crippen LogP contribution >= 0.6 is 11.8 Å². The molecule has 200 valence electrons. The highest BCUT2D eigenvalue weighted by Gasteiger charge is 2.37. The van der Waals surface area contributed by atoms with Crippen molar-refractivity contribution < 1.29 is 33.4 Å². The Bertz CT molecular complexity index is 1260. The molecular formula is C27H29N3O7S. The van der Waals surface area contributed by atoms with Gasteiger partial charge in [0, 0.05) is 31.7 Å². The largest absolute Gasteiger partial charge is 0.494 e. The molecule has 0 saturated carbocycles. The Morgan fingerprint density at radius 3 is 2.50 bits per heavy atom. The van der Waals surface area contributed by atoms with Crippen LogP contribution in [0.5, 0.6) is 17.2 Å². The van der Waals surface area contributed by atoms with Gasteiger partial charge in [0.2, 0.25) is 11.8 Å². The number of nitrogens with one attached hydrogen (secondary N) is 1. The molecule has 4 rings (SSSR count). The molecule has 2 aliphatic heterocycles. The van der Waals surface area contributed by atoms with Crippen LogP contribution in [0.25, 0.3) is 6.08 Å². The zero-order chi connectivity index (χ0) is 27.2. The second-order valence-corrected chi connectivity index (χ2v) is 9.56. The monoisotopic (exact) mass is 539 g/mol. The topological polar surface area (TPSA) is 114 Å². The molecule has 0 bridgehead atoms. The highest BCUT2D eigenvalue weighted by molar-refractivity contribution is 8.18. The van der Waals surface area contributed by atoms with E-state index in [1.807, 2.05) is 6.92 Å². The van der Waals surface area contributed by atoms with E-state index in [1.165, 1.54) is 14.2 Å². The van der Waals surface area contributed by atoms with Crippen LogP contribution in [-0.2, 0) is 14.4 Å². The standard InChI is InChI=1S/C27H29N3O7S/c1-4-37-20-8-6-19(7-9-20)30-16-18(15-24(30)31)25(32)28-11-12-29-26(33)23(38-27(29)34)14-17-5-10-21(35-2)22(13-17)36-3/h5-10,13-14,18H,4,11-12,15-16H2,1-3H3,(H,28,32)/b23-14-/t18-/m1/s1. The van der Waals surface area contributed by atoms with E-state index in [4.69, 9.17) is 14.2 Å². The van der Waals surface area contributed by atoms with Gasteiger partial charge in [-0.3, -0.25) is 24.1 Å². The van der Waals surface area contributed by atoms with E-state index < -0.39 is 17.1 Å². The van der Waals surface area contributed by atoms with Gasteiger partial charge < -0.3 is 24.4 Å². The molecular weight excluding hydrogens is 510 g/mol. The summed E-state index contributed by atoms with van der Waals surface area (Å²) >= 11 is 0.840. The summed E-state index contributed by atoms with van der Waals surface area (Å²) in [5.41, 5.74) is 1.39. The van der Waals surface area contributed by atoms with Gasteiger partial charge in [0.15, 0.2) is 11.5 Å². The van der Waals surface area contributed by atoms with Gasteiger partial charge in [0.25, 0.3) is 11.1 Å². The first-order valence-corrected chi connectivity index (χ1v) is 12.9. The zero-order valence-electron chi connectivity index (χ0n) is 21.4. The van der Waals surface area contributed by atoms with E-state index in [9.17, 15) is 19.2 Å². The molecule has 2 aromatic rings. The fraction of sp³-hybridized carbons (Fsp3) is 0.333. The van der Waals surface area contributed by atoms with Crippen molar-refractivity contribution in [2.45, 2.75) is 13.3 Å². The molecule has 11 heteroatoms. The van der Waals surface area contributed by atoms with Crippen LogP contribution in [0.2, 0.25) is 0 Å². The lowest BCUT2D eigenvalue weighted by atomic mass is 10.1. The Hall–Kier alpha value is -3.99. The predicted octanol–water partition coefficient (Wildman–Crippen LogP) is 3.31. The number of hydrogen-bond acceptors (Lipinski definition) is 8. The van der Waals surface area contributed by atoms with Crippen LogP contribution in [-0.4, -0.2) is 68.3 Å². The Balaban J connectivity index is 1.30. The molecule has 0 spiro atoms. The van der Waals surface area contributed by atoms with Crippen LogP contribution in [0, 0.1) is 5.92 Å². The first-order chi connectivity index (χ1) is 18.3. The van der Waals surface area contributed by atoms with Crippen molar-refractivity contribution >= 4 is 46.5 Å². The van der Waals surface area contributed by atoms with E-state index in [0.717, 1.165) is 16.7 Å². The fourth-order valence-corrected chi connectivity index (χ4v) is 5.11. The number of thioether (sulfide) groups is 1. The van der Waals surface area contributed by atoms with Crippen LogP contribution in [0.15, 0.2) is 47.4 Å². The molecule has 2 fully saturated rings. The minimum atomic E-state index is -0.520. The van der Waals surface area contributed by atoms with E-state index in [0.29, 0.717) is 35.1 Å². The summed E-state index contributed by atoms with van der Waals surface area (Å²) in [6.07, 6.45) is 1.71. The van der Waals surface area contributed by atoms with Crippen molar-refractivity contribution in [3.63, 3.8) is 0 Å². The Morgan fingerprint density at radius 2 is 1.82 bits per heavy atom. The van der Waals surface area contributed by atoms with Gasteiger partial charge in [-0.1, -0.05) is 6.07 Å². The quantitative estimate of drug-likeness (QED) is 0.458. The third-order valence-electron chi connectivity index (χ3n) is 6.17. The lowest BCUT2D eigenvalue weighted by molar-refractivity contribution is -0.127. The maximum absolute atomic E-state index is 12.8. The molecule has 0 aromatic heterocycles. The molecule has 2 aromatic carbocycles. The average Bonchev–Trinajstić information content (AvgIpc) is 3.43. The molecule has 1 N–H and O–H groups in total. The van der Waals surface area contributed by atoms with E-state index in [2.05, 4.69) is 5.32 Å². The smallest absolute Gasteiger partial charge is 0.293 e. The van der Waals surface area contributed by atoms with Gasteiger partial charge in [-0.15, -0.1) is 0 Å². The first kappa shape index (κ1) is 27.1. The fourth-order valence-electron chi connectivity index (χ4n) is 4.24. The van der Waals surface area contributed by atoms with E-state index in [1.54, 1.807) is 53.4 Å². The average molecular weight is 540 g/mol. The number of benzene rings is 2. The third-order valence-corrected chi connectivity index (χ3v) is 7.08. The molecule has 0 aliphatic carbocycles.